The third kappa shape index (κ3) is 4.39. The molecule has 0 saturated carbocycles. The van der Waals surface area contributed by atoms with Crippen molar-refractivity contribution in [1.82, 2.24) is 4.98 Å². The van der Waals surface area contributed by atoms with Crippen molar-refractivity contribution in [3.63, 3.8) is 0 Å². The highest BCUT2D eigenvalue weighted by Crippen LogP contribution is 2.26. The van der Waals surface area contributed by atoms with Crippen LogP contribution in [0.2, 0.25) is 0 Å². The Labute approximate surface area is 113 Å². The molecule has 1 atom stereocenters. The number of rotatable bonds is 5. The lowest BCUT2D eigenvalue weighted by molar-refractivity contribution is -0.384. The first-order valence-corrected chi connectivity index (χ1v) is 6.32. The molecule has 1 rings (SSSR count). The molecule has 0 bridgehead atoms. The summed E-state index contributed by atoms with van der Waals surface area (Å²) in [5.74, 6) is 1.43. The van der Waals surface area contributed by atoms with E-state index in [1.807, 2.05) is 0 Å². The number of nitrogens with zero attached hydrogens (tertiary/aromatic N) is 2. The third-order valence-corrected chi connectivity index (χ3v) is 3.34. The van der Waals surface area contributed by atoms with Gasteiger partial charge in [-0.05, 0) is 11.3 Å². The third-order valence-electron chi connectivity index (χ3n) is 3.34. The molecule has 6 heteroatoms. The zero-order chi connectivity index (χ0) is 14.6. The normalized spacial score (nSPS) is 12.9. The van der Waals surface area contributed by atoms with Crippen LogP contribution in [0, 0.1) is 21.4 Å². The Kier molecular flexibility index (Phi) is 4.69. The maximum Gasteiger partial charge on any atom is 0.276 e. The van der Waals surface area contributed by atoms with E-state index in [0.29, 0.717) is 17.6 Å². The number of nitro groups is 1. The Balaban J connectivity index is 2.83. The van der Waals surface area contributed by atoms with Crippen LogP contribution in [0.4, 0.5) is 17.3 Å². The highest BCUT2D eigenvalue weighted by atomic mass is 16.6. The number of anilines is 2. The number of pyridine rings is 1. The van der Waals surface area contributed by atoms with Crippen LogP contribution in [0.3, 0.4) is 0 Å². The van der Waals surface area contributed by atoms with Gasteiger partial charge in [0.15, 0.2) is 0 Å². The molecule has 0 aliphatic carbocycles. The Morgan fingerprint density at radius 3 is 2.42 bits per heavy atom. The molecule has 0 fully saturated rings. The molecule has 0 aromatic carbocycles. The fourth-order valence-electron chi connectivity index (χ4n) is 1.40. The Bertz CT molecular complexity index is 454. The van der Waals surface area contributed by atoms with Gasteiger partial charge >= 0.3 is 0 Å². The van der Waals surface area contributed by atoms with Crippen LogP contribution in [0.25, 0.3) is 0 Å². The maximum absolute atomic E-state index is 10.8. The summed E-state index contributed by atoms with van der Waals surface area (Å²) in [4.78, 5) is 14.7. The number of nitrogens with one attached hydrogen (secondary N) is 2. The first kappa shape index (κ1) is 15.2. The van der Waals surface area contributed by atoms with Gasteiger partial charge in [-0.25, -0.2) is 4.98 Å². The molecule has 1 unspecified atom stereocenters. The summed E-state index contributed by atoms with van der Waals surface area (Å²) in [7, 11) is 1.69. The van der Waals surface area contributed by atoms with Crippen LogP contribution in [0.1, 0.15) is 27.7 Å². The molecule has 106 valence electrons. The second-order valence-electron chi connectivity index (χ2n) is 5.75. The monoisotopic (exact) mass is 266 g/mol. The van der Waals surface area contributed by atoms with Crippen molar-refractivity contribution in [2.45, 2.75) is 27.7 Å². The molecule has 6 nitrogen and oxygen atoms in total. The average molecular weight is 266 g/mol. The Morgan fingerprint density at radius 2 is 1.95 bits per heavy atom. The zero-order valence-electron chi connectivity index (χ0n) is 12.2. The topological polar surface area (TPSA) is 80.1 Å². The predicted octanol–water partition coefficient (Wildman–Crippen LogP) is 3.13. The van der Waals surface area contributed by atoms with Crippen LogP contribution in [-0.4, -0.2) is 23.5 Å². The molecule has 1 heterocycles. The van der Waals surface area contributed by atoms with Gasteiger partial charge in [0.25, 0.3) is 5.69 Å². The smallest absolute Gasteiger partial charge is 0.276 e. The summed E-state index contributed by atoms with van der Waals surface area (Å²) in [6.07, 6.45) is 0. The largest absolute Gasteiger partial charge is 0.373 e. The standard InChI is InChI=1S/C13H22N4O2/c1-9(13(2,3)4)8-15-12-7-10(17(18)19)6-11(14-5)16-12/h6-7,9H,8H2,1-5H3,(H2,14,15,16). The van der Waals surface area contributed by atoms with Crippen molar-refractivity contribution in [1.29, 1.82) is 0 Å². The van der Waals surface area contributed by atoms with E-state index in [0.717, 1.165) is 6.54 Å². The van der Waals surface area contributed by atoms with E-state index in [9.17, 15) is 10.1 Å². The van der Waals surface area contributed by atoms with Crippen LogP contribution < -0.4 is 10.6 Å². The van der Waals surface area contributed by atoms with Gasteiger partial charge in [0, 0.05) is 13.6 Å². The van der Waals surface area contributed by atoms with E-state index in [-0.39, 0.29) is 11.1 Å². The first-order valence-electron chi connectivity index (χ1n) is 6.32. The molecule has 0 aliphatic heterocycles. The first-order chi connectivity index (χ1) is 8.74. The summed E-state index contributed by atoms with van der Waals surface area (Å²) >= 11 is 0. The zero-order valence-corrected chi connectivity index (χ0v) is 12.2. The average Bonchev–Trinajstić information content (AvgIpc) is 2.34. The van der Waals surface area contributed by atoms with Crippen molar-refractivity contribution in [3.05, 3.63) is 22.2 Å². The van der Waals surface area contributed by atoms with Crippen LogP contribution in [0.15, 0.2) is 12.1 Å². The number of hydrogen-bond donors (Lipinski definition) is 2. The van der Waals surface area contributed by atoms with Gasteiger partial charge in [0.05, 0.1) is 17.1 Å². The van der Waals surface area contributed by atoms with Gasteiger partial charge in [0.2, 0.25) is 0 Å². The minimum atomic E-state index is -0.416. The quantitative estimate of drug-likeness (QED) is 0.632. The lowest BCUT2D eigenvalue weighted by atomic mass is 9.82. The SMILES string of the molecule is CNc1cc([N+](=O)[O-])cc(NCC(C)C(C)(C)C)n1. The van der Waals surface area contributed by atoms with Crippen molar-refractivity contribution < 1.29 is 4.92 Å². The molecule has 0 spiro atoms. The molecule has 0 saturated heterocycles. The molecule has 2 N–H and O–H groups in total. The Morgan fingerprint density at radius 1 is 1.37 bits per heavy atom. The maximum atomic E-state index is 10.8. The molecule has 0 aliphatic rings. The number of hydrogen-bond acceptors (Lipinski definition) is 5. The van der Waals surface area contributed by atoms with Gasteiger partial charge in [0.1, 0.15) is 11.6 Å². The lowest BCUT2D eigenvalue weighted by Gasteiger charge is -2.27. The van der Waals surface area contributed by atoms with E-state index in [2.05, 4.69) is 43.3 Å². The molecule has 1 aromatic heterocycles. The highest BCUT2D eigenvalue weighted by Gasteiger charge is 2.20. The minimum absolute atomic E-state index is 0.0326. The van der Waals surface area contributed by atoms with E-state index in [1.165, 1.54) is 12.1 Å². The van der Waals surface area contributed by atoms with Crippen molar-refractivity contribution in [3.8, 4) is 0 Å². The summed E-state index contributed by atoms with van der Waals surface area (Å²) in [6.45, 7) is 9.36. The van der Waals surface area contributed by atoms with Crippen LogP contribution >= 0.6 is 0 Å². The molecular formula is C13H22N4O2. The predicted molar refractivity (Wildman–Crippen MR) is 77.5 cm³/mol. The molecule has 0 radical (unpaired) electrons. The van der Waals surface area contributed by atoms with Gasteiger partial charge in [-0.2, -0.15) is 0 Å². The fraction of sp³-hybridized carbons (Fsp3) is 0.615. The van der Waals surface area contributed by atoms with Crippen molar-refractivity contribution >= 4 is 17.3 Å². The van der Waals surface area contributed by atoms with E-state index >= 15 is 0 Å². The Hall–Kier alpha value is -1.85. The molecule has 19 heavy (non-hydrogen) atoms. The molecule has 0 amide bonds. The lowest BCUT2D eigenvalue weighted by Crippen LogP contribution is -2.25. The fourth-order valence-corrected chi connectivity index (χ4v) is 1.40. The molecular weight excluding hydrogens is 244 g/mol. The second-order valence-corrected chi connectivity index (χ2v) is 5.75. The van der Waals surface area contributed by atoms with Crippen LogP contribution in [-0.2, 0) is 0 Å². The second kappa shape index (κ2) is 5.86. The van der Waals surface area contributed by atoms with Crippen molar-refractivity contribution in [2.75, 3.05) is 24.2 Å². The van der Waals surface area contributed by atoms with Crippen LogP contribution in [0.5, 0.6) is 0 Å². The summed E-state index contributed by atoms with van der Waals surface area (Å²) in [5.41, 5.74) is 0.213. The summed E-state index contributed by atoms with van der Waals surface area (Å²) in [5, 5.41) is 16.8. The number of aromatic nitrogens is 1. The van der Waals surface area contributed by atoms with Gasteiger partial charge < -0.3 is 10.6 Å². The van der Waals surface area contributed by atoms with Crippen molar-refractivity contribution in [2.24, 2.45) is 11.3 Å². The molecule has 1 aromatic rings. The minimum Gasteiger partial charge on any atom is -0.373 e. The summed E-state index contributed by atoms with van der Waals surface area (Å²) in [6, 6.07) is 2.87. The van der Waals surface area contributed by atoms with Gasteiger partial charge in [-0.1, -0.05) is 27.7 Å². The highest BCUT2D eigenvalue weighted by molar-refractivity contribution is 5.54. The summed E-state index contributed by atoms with van der Waals surface area (Å²) < 4.78 is 0. The van der Waals surface area contributed by atoms with E-state index in [1.54, 1.807) is 7.05 Å². The van der Waals surface area contributed by atoms with E-state index in [4.69, 9.17) is 0 Å². The van der Waals surface area contributed by atoms with E-state index < -0.39 is 4.92 Å². The van der Waals surface area contributed by atoms with Gasteiger partial charge in [-0.15, -0.1) is 0 Å². The van der Waals surface area contributed by atoms with Gasteiger partial charge in [-0.3, -0.25) is 10.1 Å².